The number of fused-ring (bicyclic) bond motifs is 5. The Balaban J connectivity index is 1.20. The van der Waals surface area contributed by atoms with Crippen LogP contribution in [0.15, 0.2) is 29.2 Å². The van der Waals surface area contributed by atoms with Crippen molar-refractivity contribution < 1.29 is 17.4 Å². The molecule has 36 heavy (non-hydrogen) atoms. The molecule has 0 unspecified atom stereocenters. The molecule has 5 rings (SSSR count). The highest BCUT2D eigenvalue weighted by atomic mass is 32.2. The van der Waals surface area contributed by atoms with Gasteiger partial charge in [-0.2, -0.15) is 8.42 Å². The molecule has 4 aliphatic rings. The third kappa shape index (κ3) is 4.56. The second-order valence-electron chi connectivity index (χ2n) is 13.4. The molecule has 8 atom stereocenters. The smallest absolute Gasteiger partial charge is 0.341 e. The fourth-order valence-electron chi connectivity index (χ4n) is 9.73. The molecule has 0 aliphatic heterocycles. The molecular formula is C31H46O4S. The van der Waals surface area contributed by atoms with E-state index in [2.05, 4.69) is 20.8 Å². The van der Waals surface area contributed by atoms with Crippen LogP contribution in [0.4, 0.5) is 0 Å². The molecule has 4 saturated carbocycles. The van der Waals surface area contributed by atoms with E-state index in [-0.39, 0.29) is 11.3 Å². The number of carbonyl (C=O) groups is 1. The van der Waals surface area contributed by atoms with E-state index in [0.29, 0.717) is 29.1 Å². The maximum absolute atomic E-state index is 12.5. The Hall–Kier alpha value is -1.36. The lowest BCUT2D eigenvalue weighted by atomic mass is 9.44. The van der Waals surface area contributed by atoms with Gasteiger partial charge in [0.1, 0.15) is 4.90 Å². The van der Waals surface area contributed by atoms with Gasteiger partial charge in [0.05, 0.1) is 0 Å². The second-order valence-corrected chi connectivity index (χ2v) is 14.9. The quantitative estimate of drug-likeness (QED) is 0.365. The number of carbonyl (C=O) groups excluding carboxylic acids is 1. The SMILES string of the molecule is Cc1ccc(S(=O)(=O)OC(=O)CC[C@@H](C)[C@H]2CC[C@H]3[C@@H]4CC[C@@H]5CCCC[C@]5(C)[C@H]4CC[C@]23C)cc1. The molecular weight excluding hydrogens is 468 g/mol. The zero-order valence-corrected chi connectivity index (χ0v) is 23.6. The monoisotopic (exact) mass is 514 g/mol. The van der Waals surface area contributed by atoms with E-state index in [1.807, 2.05) is 6.92 Å². The maximum Gasteiger partial charge on any atom is 0.341 e. The highest BCUT2D eigenvalue weighted by Crippen LogP contribution is 2.68. The third-order valence-corrected chi connectivity index (χ3v) is 12.9. The Kier molecular flexibility index (Phi) is 7.11. The van der Waals surface area contributed by atoms with Crippen LogP contribution in [0.5, 0.6) is 0 Å². The topological polar surface area (TPSA) is 60.4 Å². The standard InChI is InChI=1S/C31H46O4S/c1-21-8-12-24(13-9-21)36(33,34)35-29(32)17-10-22(2)26-15-16-27-25-14-11-23-7-5-6-19-30(23,3)28(25)18-20-31(26,27)4/h8-9,12-13,22-23,25-28H,5-7,10-11,14-20H2,1-4H3/t22-,23+,25+,26-,27+,28+,30+,31-/m1/s1. The van der Waals surface area contributed by atoms with Gasteiger partial charge in [0.25, 0.3) is 0 Å². The van der Waals surface area contributed by atoms with Crippen LogP contribution in [0.2, 0.25) is 0 Å². The first kappa shape index (κ1) is 26.3. The minimum Gasteiger partial charge on any atom is -0.342 e. The molecule has 0 saturated heterocycles. The lowest BCUT2D eigenvalue weighted by molar-refractivity contribution is -0.134. The van der Waals surface area contributed by atoms with E-state index in [0.717, 1.165) is 29.2 Å². The molecule has 0 heterocycles. The molecule has 0 aromatic heterocycles. The summed E-state index contributed by atoms with van der Waals surface area (Å²) in [5.74, 6) is 3.94. The van der Waals surface area contributed by atoms with Crippen LogP contribution in [0.25, 0.3) is 0 Å². The van der Waals surface area contributed by atoms with Crippen molar-refractivity contribution in [3.05, 3.63) is 29.8 Å². The Labute approximate surface area is 219 Å². The van der Waals surface area contributed by atoms with Gasteiger partial charge in [-0.3, -0.25) is 4.79 Å². The molecule has 4 fully saturated rings. The van der Waals surface area contributed by atoms with E-state index in [9.17, 15) is 13.2 Å². The van der Waals surface area contributed by atoms with E-state index in [1.54, 1.807) is 12.1 Å². The van der Waals surface area contributed by atoms with Crippen molar-refractivity contribution in [2.45, 2.75) is 110 Å². The maximum atomic E-state index is 12.5. The first-order valence-electron chi connectivity index (χ1n) is 14.6. The molecule has 4 aliphatic carbocycles. The Morgan fingerprint density at radius 3 is 2.42 bits per heavy atom. The molecule has 0 bridgehead atoms. The van der Waals surface area contributed by atoms with Crippen molar-refractivity contribution in [2.24, 2.45) is 46.3 Å². The number of aryl methyl sites for hydroxylation is 1. The fourth-order valence-corrected chi connectivity index (χ4v) is 10.6. The zero-order valence-electron chi connectivity index (χ0n) is 22.8. The van der Waals surface area contributed by atoms with Gasteiger partial charge in [0.15, 0.2) is 0 Å². The van der Waals surface area contributed by atoms with Crippen LogP contribution in [0.1, 0.15) is 103 Å². The van der Waals surface area contributed by atoms with Crippen LogP contribution >= 0.6 is 0 Å². The van der Waals surface area contributed by atoms with Gasteiger partial charge in [-0.15, -0.1) is 0 Å². The molecule has 0 radical (unpaired) electrons. The predicted molar refractivity (Wildman–Crippen MR) is 143 cm³/mol. The first-order chi connectivity index (χ1) is 17.0. The molecule has 200 valence electrons. The Bertz CT molecular complexity index is 1060. The van der Waals surface area contributed by atoms with Crippen molar-refractivity contribution in [1.82, 2.24) is 0 Å². The molecule has 5 heteroatoms. The van der Waals surface area contributed by atoms with Crippen molar-refractivity contribution in [3.63, 3.8) is 0 Å². The number of hydrogen-bond donors (Lipinski definition) is 0. The Morgan fingerprint density at radius 2 is 1.67 bits per heavy atom. The van der Waals surface area contributed by atoms with Crippen molar-refractivity contribution in [2.75, 3.05) is 0 Å². The van der Waals surface area contributed by atoms with Crippen LogP contribution < -0.4 is 0 Å². The van der Waals surface area contributed by atoms with Gasteiger partial charge in [0.2, 0.25) is 0 Å². The van der Waals surface area contributed by atoms with Crippen LogP contribution in [0, 0.1) is 53.3 Å². The average Bonchev–Trinajstić information content (AvgIpc) is 3.19. The summed E-state index contributed by atoms with van der Waals surface area (Å²) in [5.41, 5.74) is 1.89. The second kappa shape index (κ2) is 9.75. The summed E-state index contributed by atoms with van der Waals surface area (Å²) in [5, 5.41) is 0. The van der Waals surface area contributed by atoms with Gasteiger partial charge in [0, 0.05) is 6.42 Å². The average molecular weight is 515 g/mol. The van der Waals surface area contributed by atoms with Gasteiger partial charge >= 0.3 is 16.1 Å². The summed E-state index contributed by atoms with van der Waals surface area (Å²) in [6.07, 6.45) is 14.8. The summed E-state index contributed by atoms with van der Waals surface area (Å²) >= 11 is 0. The van der Waals surface area contributed by atoms with Crippen LogP contribution in [-0.2, 0) is 19.1 Å². The molecule has 0 amide bonds. The zero-order chi connectivity index (χ0) is 25.7. The highest BCUT2D eigenvalue weighted by molar-refractivity contribution is 7.87. The summed E-state index contributed by atoms with van der Waals surface area (Å²) in [4.78, 5) is 12.6. The lowest BCUT2D eigenvalue weighted by Crippen LogP contribution is -2.53. The van der Waals surface area contributed by atoms with Crippen LogP contribution in [-0.4, -0.2) is 14.4 Å². The van der Waals surface area contributed by atoms with Crippen molar-refractivity contribution in [3.8, 4) is 0 Å². The van der Waals surface area contributed by atoms with Gasteiger partial charge in [-0.1, -0.05) is 51.3 Å². The molecule has 0 N–H and O–H groups in total. The normalized spacial score (nSPS) is 38.9. The van der Waals surface area contributed by atoms with Gasteiger partial charge in [-0.25, -0.2) is 0 Å². The summed E-state index contributed by atoms with van der Waals surface area (Å²) in [6.45, 7) is 9.37. The molecule has 1 aromatic carbocycles. The van der Waals surface area contributed by atoms with Gasteiger partial charge in [-0.05, 0) is 123 Å². The summed E-state index contributed by atoms with van der Waals surface area (Å²) < 4.78 is 30.0. The van der Waals surface area contributed by atoms with E-state index in [1.165, 1.54) is 76.3 Å². The predicted octanol–water partition coefficient (Wildman–Crippen LogP) is 7.69. The molecule has 4 nitrogen and oxygen atoms in total. The van der Waals surface area contributed by atoms with Crippen molar-refractivity contribution >= 4 is 16.1 Å². The van der Waals surface area contributed by atoms with E-state index >= 15 is 0 Å². The fraction of sp³-hybridized carbons (Fsp3) is 0.774. The van der Waals surface area contributed by atoms with Crippen molar-refractivity contribution in [1.29, 1.82) is 0 Å². The number of rotatable bonds is 6. The largest absolute Gasteiger partial charge is 0.342 e. The van der Waals surface area contributed by atoms with Crippen LogP contribution in [0.3, 0.4) is 0 Å². The summed E-state index contributed by atoms with van der Waals surface area (Å²) in [7, 11) is -4.05. The molecule has 0 spiro atoms. The highest BCUT2D eigenvalue weighted by Gasteiger charge is 2.60. The summed E-state index contributed by atoms with van der Waals surface area (Å²) in [6, 6.07) is 6.43. The van der Waals surface area contributed by atoms with E-state index < -0.39 is 16.1 Å². The number of hydrogen-bond acceptors (Lipinski definition) is 4. The molecule has 1 aromatic rings. The third-order valence-electron chi connectivity index (χ3n) is 11.7. The number of benzene rings is 1. The lowest BCUT2D eigenvalue weighted by Gasteiger charge is -2.61. The minimum absolute atomic E-state index is 0.0405. The van der Waals surface area contributed by atoms with E-state index in [4.69, 9.17) is 4.18 Å². The first-order valence-corrected chi connectivity index (χ1v) is 16.0. The Morgan fingerprint density at radius 1 is 0.944 bits per heavy atom. The minimum atomic E-state index is -4.05. The van der Waals surface area contributed by atoms with Gasteiger partial charge < -0.3 is 4.18 Å².